The van der Waals surface area contributed by atoms with E-state index in [1.165, 1.54) is 19.3 Å². The van der Waals surface area contributed by atoms with Gasteiger partial charge in [0.2, 0.25) is 5.91 Å². The molecule has 1 unspecified atom stereocenters. The van der Waals surface area contributed by atoms with Gasteiger partial charge in [0.05, 0.1) is 5.60 Å². The first-order chi connectivity index (χ1) is 8.89. The molecule has 1 aliphatic heterocycles. The minimum atomic E-state index is -0.133. The summed E-state index contributed by atoms with van der Waals surface area (Å²) in [4.78, 5) is 11.7. The van der Waals surface area contributed by atoms with E-state index in [0.717, 1.165) is 26.0 Å². The number of carbonyl (C=O) groups excluding carboxylic acids is 1. The van der Waals surface area contributed by atoms with E-state index in [1.54, 1.807) is 0 Å². The molecule has 2 N–H and O–H groups in total. The molecule has 4 nitrogen and oxygen atoms in total. The van der Waals surface area contributed by atoms with E-state index in [4.69, 9.17) is 4.74 Å². The Morgan fingerprint density at radius 3 is 2.68 bits per heavy atom. The highest BCUT2D eigenvalue weighted by Gasteiger charge is 2.42. The molecule has 0 radical (unpaired) electrons. The highest BCUT2D eigenvalue weighted by Crippen LogP contribution is 2.42. The highest BCUT2D eigenvalue weighted by molar-refractivity contribution is 5.76. The van der Waals surface area contributed by atoms with Crippen molar-refractivity contribution in [2.75, 3.05) is 13.2 Å². The first kappa shape index (κ1) is 14.8. The second-order valence-corrected chi connectivity index (χ2v) is 7.08. The van der Waals surface area contributed by atoms with Crippen LogP contribution in [-0.2, 0) is 9.53 Å². The Morgan fingerprint density at radius 1 is 1.37 bits per heavy atom. The van der Waals surface area contributed by atoms with Gasteiger partial charge in [-0.25, -0.2) is 0 Å². The van der Waals surface area contributed by atoms with Crippen LogP contribution in [0.15, 0.2) is 0 Å². The smallest absolute Gasteiger partial charge is 0.221 e. The Hall–Kier alpha value is -0.610. The average molecular weight is 268 g/mol. The van der Waals surface area contributed by atoms with Crippen molar-refractivity contribution in [1.82, 2.24) is 10.6 Å². The van der Waals surface area contributed by atoms with Gasteiger partial charge in [0.15, 0.2) is 0 Å². The van der Waals surface area contributed by atoms with Crippen molar-refractivity contribution in [2.24, 2.45) is 0 Å². The third-order valence-corrected chi connectivity index (χ3v) is 4.06. The third-order valence-electron chi connectivity index (χ3n) is 4.06. The fourth-order valence-electron chi connectivity index (χ4n) is 2.99. The number of hydrogen-bond donors (Lipinski definition) is 2. The molecule has 2 fully saturated rings. The summed E-state index contributed by atoms with van der Waals surface area (Å²) < 4.78 is 5.91. The van der Waals surface area contributed by atoms with E-state index in [0.29, 0.717) is 12.5 Å². The van der Waals surface area contributed by atoms with E-state index in [1.807, 2.05) is 20.8 Å². The standard InChI is InChI=1S/C15H28N2O2/c1-14(2,3)17-13(18)5-9-16-12-6-10-19-15(11-12)7-4-8-15/h12,16H,4-11H2,1-3H3,(H,17,18). The highest BCUT2D eigenvalue weighted by atomic mass is 16.5. The summed E-state index contributed by atoms with van der Waals surface area (Å²) in [6.07, 6.45) is 6.49. The minimum Gasteiger partial charge on any atom is -0.375 e. The maximum absolute atomic E-state index is 11.7. The number of rotatable bonds is 4. The quantitative estimate of drug-likeness (QED) is 0.820. The van der Waals surface area contributed by atoms with Crippen LogP contribution < -0.4 is 10.6 Å². The van der Waals surface area contributed by atoms with Gasteiger partial charge < -0.3 is 15.4 Å². The zero-order valence-electron chi connectivity index (χ0n) is 12.6. The first-order valence-electron chi connectivity index (χ1n) is 7.57. The molecule has 1 aliphatic carbocycles. The van der Waals surface area contributed by atoms with Gasteiger partial charge in [-0.1, -0.05) is 0 Å². The summed E-state index contributed by atoms with van der Waals surface area (Å²) in [6, 6.07) is 0.525. The number of ether oxygens (including phenoxy) is 1. The lowest BCUT2D eigenvalue weighted by Gasteiger charge is -2.47. The predicted molar refractivity (Wildman–Crippen MR) is 76.1 cm³/mol. The molecule has 0 aromatic heterocycles. The molecule has 19 heavy (non-hydrogen) atoms. The van der Waals surface area contributed by atoms with Crippen LogP contribution in [0, 0.1) is 0 Å². The molecule has 1 amide bonds. The summed E-state index contributed by atoms with van der Waals surface area (Å²) >= 11 is 0. The van der Waals surface area contributed by atoms with E-state index >= 15 is 0 Å². The molecule has 0 bridgehead atoms. The molecule has 0 aromatic rings. The van der Waals surface area contributed by atoms with Crippen molar-refractivity contribution in [1.29, 1.82) is 0 Å². The summed E-state index contributed by atoms with van der Waals surface area (Å²) in [5, 5.41) is 6.51. The van der Waals surface area contributed by atoms with Crippen LogP contribution in [-0.4, -0.2) is 36.2 Å². The lowest BCUT2D eigenvalue weighted by atomic mass is 9.74. The van der Waals surface area contributed by atoms with E-state index < -0.39 is 0 Å². The molecular weight excluding hydrogens is 240 g/mol. The van der Waals surface area contributed by atoms with Gasteiger partial charge in [-0.2, -0.15) is 0 Å². The molecule has 110 valence electrons. The van der Waals surface area contributed by atoms with E-state index in [9.17, 15) is 4.79 Å². The van der Waals surface area contributed by atoms with Crippen LogP contribution in [0.25, 0.3) is 0 Å². The molecule has 0 aromatic carbocycles. The van der Waals surface area contributed by atoms with Gasteiger partial charge >= 0.3 is 0 Å². The van der Waals surface area contributed by atoms with Gasteiger partial charge in [-0.15, -0.1) is 0 Å². The summed E-state index contributed by atoms with van der Waals surface area (Å²) in [7, 11) is 0. The number of amides is 1. The molecule has 1 atom stereocenters. The van der Waals surface area contributed by atoms with E-state index in [2.05, 4.69) is 10.6 Å². The zero-order valence-corrected chi connectivity index (χ0v) is 12.6. The van der Waals surface area contributed by atoms with Crippen molar-refractivity contribution in [3.05, 3.63) is 0 Å². The zero-order chi connectivity index (χ0) is 13.9. The van der Waals surface area contributed by atoms with Crippen molar-refractivity contribution in [2.45, 2.75) is 76.5 Å². The minimum absolute atomic E-state index is 0.130. The Balaban J connectivity index is 1.64. The van der Waals surface area contributed by atoms with Crippen LogP contribution in [0.2, 0.25) is 0 Å². The van der Waals surface area contributed by atoms with Gasteiger partial charge in [0.1, 0.15) is 0 Å². The SMILES string of the molecule is CC(C)(C)NC(=O)CCNC1CCOC2(CCC2)C1. The summed E-state index contributed by atoms with van der Waals surface area (Å²) in [5.74, 6) is 0.130. The van der Waals surface area contributed by atoms with Crippen LogP contribution >= 0.6 is 0 Å². The lowest BCUT2D eigenvalue weighted by Crippen LogP contribution is -2.51. The molecule has 1 spiro atoms. The molecule has 4 heteroatoms. The number of nitrogens with one attached hydrogen (secondary N) is 2. The van der Waals surface area contributed by atoms with Crippen molar-refractivity contribution in [3.63, 3.8) is 0 Å². The molecule has 2 aliphatic rings. The number of carbonyl (C=O) groups is 1. The van der Waals surface area contributed by atoms with Gasteiger partial charge in [-0.05, 0) is 52.9 Å². The van der Waals surface area contributed by atoms with Crippen molar-refractivity contribution < 1.29 is 9.53 Å². The third kappa shape index (κ3) is 4.46. The van der Waals surface area contributed by atoms with Crippen LogP contribution in [0.5, 0.6) is 0 Å². The fourth-order valence-corrected chi connectivity index (χ4v) is 2.99. The Labute approximate surface area is 116 Å². The summed E-state index contributed by atoms with van der Waals surface area (Å²) in [5.41, 5.74) is 0.0509. The lowest BCUT2D eigenvalue weighted by molar-refractivity contribution is -0.135. The normalized spacial score (nSPS) is 25.9. The second-order valence-electron chi connectivity index (χ2n) is 7.08. The van der Waals surface area contributed by atoms with Gasteiger partial charge in [0.25, 0.3) is 0 Å². The average Bonchev–Trinajstić information content (AvgIpc) is 2.25. The van der Waals surface area contributed by atoms with Crippen LogP contribution in [0.4, 0.5) is 0 Å². The monoisotopic (exact) mass is 268 g/mol. The van der Waals surface area contributed by atoms with E-state index in [-0.39, 0.29) is 17.0 Å². The van der Waals surface area contributed by atoms with Crippen LogP contribution in [0.3, 0.4) is 0 Å². The molecule has 1 heterocycles. The van der Waals surface area contributed by atoms with Crippen molar-refractivity contribution in [3.8, 4) is 0 Å². The van der Waals surface area contributed by atoms with Crippen molar-refractivity contribution >= 4 is 5.91 Å². The Bertz CT molecular complexity index is 319. The largest absolute Gasteiger partial charge is 0.375 e. The number of hydrogen-bond acceptors (Lipinski definition) is 3. The van der Waals surface area contributed by atoms with Gasteiger partial charge in [0, 0.05) is 31.2 Å². The Morgan fingerprint density at radius 2 is 2.11 bits per heavy atom. The molecule has 1 saturated heterocycles. The Kier molecular flexibility index (Phi) is 4.51. The molecule has 1 saturated carbocycles. The first-order valence-corrected chi connectivity index (χ1v) is 7.57. The fraction of sp³-hybridized carbons (Fsp3) is 0.933. The van der Waals surface area contributed by atoms with Gasteiger partial charge in [-0.3, -0.25) is 4.79 Å². The molecule has 2 rings (SSSR count). The summed E-state index contributed by atoms with van der Waals surface area (Å²) in [6.45, 7) is 7.67. The van der Waals surface area contributed by atoms with Crippen LogP contribution in [0.1, 0.15) is 59.3 Å². The predicted octanol–water partition coefficient (Wildman–Crippen LogP) is 1.98. The maximum atomic E-state index is 11.7. The maximum Gasteiger partial charge on any atom is 0.221 e. The second kappa shape index (κ2) is 5.80. The topological polar surface area (TPSA) is 50.4 Å². The molecular formula is C15H28N2O2.